The third-order valence-corrected chi connectivity index (χ3v) is 4.72. The molecule has 0 spiro atoms. The van der Waals surface area contributed by atoms with Crippen molar-refractivity contribution < 1.29 is 0 Å². The number of hydrogen-bond donors (Lipinski definition) is 1. The molecule has 0 aromatic carbocycles. The number of aromatic nitrogens is 3. The monoisotopic (exact) mass is 293 g/mol. The molecule has 7 heteroatoms. The first kappa shape index (κ1) is 13.7. The van der Waals surface area contributed by atoms with E-state index < -0.39 is 0 Å². The van der Waals surface area contributed by atoms with Crippen molar-refractivity contribution in [1.29, 1.82) is 0 Å². The van der Waals surface area contributed by atoms with E-state index in [0.29, 0.717) is 23.5 Å². The molecule has 6 nitrogen and oxygen atoms in total. The van der Waals surface area contributed by atoms with E-state index in [9.17, 15) is 4.79 Å². The average Bonchev–Trinajstić information content (AvgIpc) is 2.90. The van der Waals surface area contributed by atoms with Gasteiger partial charge >= 0.3 is 0 Å². The molecule has 1 aliphatic heterocycles. The quantitative estimate of drug-likeness (QED) is 0.902. The predicted octanol–water partition coefficient (Wildman–Crippen LogP) is 0.710. The highest BCUT2D eigenvalue weighted by Gasteiger charge is 2.25. The molecule has 0 aliphatic carbocycles. The van der Waals surface area contributed by atoms with Gasteiger partial charge < -0.3 is 5.73 Å². The van der Waals surface area contributed by atoms with Crippen molar-refractivity contribution in [3.8, 4) is 0 Å². The first-order chi connectivity index (χ1) is 9.67. The molecule has 0 radical (unpaired) electrons. The zero-order chi connectivity index (χ0) is 14.1. The minimum absolute atomic E-state index is 0.105. The van der Waals surface area contributed by atoms with Crippen molar-refractivity contribution in [2.45, 2.75) is 32.4 Å². The van der Waals surface area contributed by atoms with E-state index in [4.69, 9.17) is 5.73 Å². The van der Waals surface area contributed by atoms with Crippen LogP contribution in [0.25, 0.3) is 4.96 Å². The van der Waals surface area contributed by atoms with E-state index in [1.165, 1.54) is 22.3 Å². The van der Waals surface area contributed by atoms with E-state index in [1.54, 1.807) is 11.6 Å². The van der Waals surface area contributed by atoms with Crippen molar-refractivity contribution in [3.63, 3.8) is 0 Å². The SMILES string of the molecule is CC1CCC(CN)CN1Cc1cc(=O)n2ncsc2n1. The molecule has 2 aromatic rings. The van der Waals surface area contributed by atoms with Crippen LogP contribution >= 0.6 is 11.3 Å². The maximum absolute atomic E-state index is 11.9. The van der Waals surface area contributed by atoms with Gasteiger partial charge in [0.2, 0.25) is 4.96 Å². The summed E-state index contributed by atoms with van der Waals surface area (Å²) in [5.74, 6) is 0.555. The maximum atomic E-state index is 11.9. The molecule has 2 N–H and O–H groups in total. The van der Waals surface area contributed by atoms with Crippen LogP contribution in [-0.4, -0.2) is 38.6 Å². The van der Waals surface area contributed by atoms with E-state index in [-0.39, 0.29) is 5.56 Å². The van der Waals surface area contributed by atoms with Gasteiger partial charge in [-0.1, -0.05) is 11.3 Å². The van der Waals surface area contributed by atoms with Crippen LogP contribution in [0.3, 0.4) is 0 Å². The Kier molecular flexibility index (Phi) is 3.82. The summed E-state index contributed by atoms with van der Waals surface area (Å²) < 4.78 is 1.34. The summed E-state index contributed by atoms with van der Waals surface area (Å²) in [5.41, 5.74) is 8.14. The smallest absolute Gasteiger partial charge is 0.275 e. The van der Waals surface area contributed by atoms with Crippen molar-refractivity contribution in [2.75, 3.05) is 13.1 Å². The Morgan fingerprint density at radius 2 is 2.35 bits per heavy atom. The fraction of sp³-hybridized carbons (Fsp3) is 0.615. The molecular formula is C13H19N5OS. The van der Waals surface area contributed by atoms with E-state index in [1.807, 2.05) is 0 Å². The highest BCUT2D eigenvalue weighted by Crippen LogP contribution is 2.22. The van der Waals surface area contributed by atoms with Gasteiger partial charge in [-0.25, -0.2) is 4.98 Å². The number of likely N-dealkylation sites (tertiary alicyclic amines) is 1. The topological polar surface area (TPSA) is 76.5 Å². The van der Waals surface area contributed by atoms with E-state index >= 15 is 0 Å². The van der Waals surface area contributed by atoms with Gasteiger partial charge in [-0.2, -0.15) is 9.61 Å². The van der Waals surface area contributed by atoms with Gasteiger partial charge in [-0.15, -0.1) is 0 Å². The predicted molar refractivity (Wildman–Crippen MR) is 78.8 cm³/mol. The van der Waals surface area contributed by atoms with Crippen LogP contribution in [0.1, 0.15) is 25.5 Å². The van der Waals surface area contributed by atoms with Crippen molar-refractivity contribution in [3.05, 3.63) is 27.6 Å². The lowest BCUT2D eigenvalue weighted by molar-refractivity contribution is 0.112. The highest BCUT2D eigenvalue weighted by molar-refractivity contribution is 7.14. The molecule has 3 heterocycles. The molecule has 1 fully saturated rings. The lowest BCUT2D eigenvalue weighted by Gasteiger charge is -2.37. The molecule has 2 atom stereocenters. The second-order valence-electron chi connectivity index (χ2n) is 5.48. The second-order valence-corrected chi connectivity index (χ2v) is 6.29. The minimum Gasteiger partial charge on any atom is -0.330 e. The molecule has 1 saturated heterocycles. The van der Waals surface area contributed by atoms with Gasteiger partial charge in [0.15, 0.2) is 0 Å². The summed E-state index contributed by atoms with van der Waals surface area (Å²) in [7, 11) is 0. The summed E-state index contributed by atoms with van der Waals surface area (Å²) in [4.78, 5) is 19.5. The zero-order valence-corrected chi connectivity index (χ0v) is 12.3. The fourth-order valence-corrected chi connectivity index (χ4v) is 3.41. The molecule has 3 rings (SSSR count). The third-order valence-electron chi connectivity index (χ3n) is 4.05. The van der Waals surface area contributed by atoms with Gasteiger partial charge in [0.05, 0.1) is 5.69 Å². The normalized spacial score (nSPS) is 24.3. The number of fused-ring (bicyclic) bond motifs is 1. The second kappa shape index (κ2) is 5.59. The summed E-state index contributed by atoms with van der Waals surface area (Å²) in [6.07, 6.45) is 2.35. The van der Waals surface area contributed by atoms with Gasteiger partial charge in [0, 0.05) is 25.2 Å². The largest absolute Gasteiger partial charge is 0.330 e. The molecule has 0 bridgehead atoms. The summed E-state index contributed by atoms with van der Waals surface area (Å²) in [6, 6.07) is 2.10. The van der Waals surface area contributed by atoms with Gasteiger partial charge in [0.1, 0.15) is 5.51 Å². The molecular weight excluding hydrogens is 274 g/mol. The number of hydrogen-bond acceptors (Lipinski definition) is 6. The standard InChI is InChI=1S/C13H19N5OS/c1-9-2-3-10(5-14)6-17(9)7-11-4-12(19)18-13(16-11)20-8-15-18/h4,8-10H,2-3,5-7,14H2,1H3. The summed E-state index contributed by atoms with van der Waals surface area (Å²) in [5, 5.41) is 3.98. The molecule has 2 aromatic heterocycles. The average molecular weight is 293 g/mol. The summed E-state index contributed by atoms with van der Waals surface area (Å²) >= 11 is 1.39. The van der Waals surface area contributed by atoms with Crippen LogP contribution in [0.2, 0.25) is 0 Å². The molecule has 20 heavy (non-hydrogen) atoms. The Balaban J connectivity index is 1.82. The first-order valence-corrected chi connectivity index (χ1v) is 7.82. The number of piperidine rings is 1. The van der Waals surface area contributed by atoms with Crippen LogP contribution in [-0.2, 0) is 6.54 Å². The van der Waals surface area contributed by atoms with Crippen LogP contribution < -0.4 is 11.3 Å². The minimum atomic E-state index is -0.105. The van der Waals surface area contributed by atoms with E-state index in [2.05, 4.69) is 21.9 Å². The molecule has 2 unspecified atom stereocenters. The van der Waals surface area contributed by atoms with Crippen LogP contribution in [0, 0.1) is 5.92 Å². The van der Waals surface area contributed by atoms with Gasteiger partial charge in [0.25, 0.3) is 5.56 Å². The van der Waals surface area contributed by atoms with Crippen LogP contribution in [0.4, 0.5) is 0 Å². The van der Waals surface area contributed by atoms with Gasteiger partial charge in [-0.05, 0) is 32.2 Å². The summed E-state index contributed by atoms with van der Waals surface area (Å²) in [6.45, 7) is 4.65. The molecule has 0 saturated carbocycles. The number of rotatable bonds is 3. The van der Waals surface area contributed by atoms with Crippen molar-refractivity contribution >= 4 is 16.3 Å². The molecule has 108 valence electrons. The Morgan fingerprint density at radius 1 is 1.50 bits per heavy atom. The third kappa shape index (κ3) is 2.61. The van der Waals surface area contributed by atoms with Crippen molar-refractivity contribution in [2.24, 2.45) is 11.7 Å². The Labute approximate surface area is 121 Å². The number of nitrogens with two attached hydrogens (primary N) is 1. The van der Waals surface area contributed by atoms with Crippen molar-refractivity contribution in [1.82, 2.24) is 19.5 Å². The van der Waals surface area contributed by atoms with Gasteiger partial charge in [-0.3, -0.25) is 9.69 Å². The van der Waals surface area contributed by atoms with Crippen LogP contribution in [0.5, 0.6) is 0 Å². The lowest BCUT2D eigenvalue weighted by atomic mass is 9.93. The Bertz CT molecular complexity index is 651. The molecule has 1 aliphatic rings. The highest BCUT2D eigenvalue weighted by atomic mass is 32.1. The Hall–Kier alpha value is -1.31. The maximum Gasteiger partial charge on any atom is 0.275 e. The fourth-order valence-electron chi connectivity index (χ4n) is 2.77. The molecule has 0 amide bonds. The first-order valence-electron chi connectivity index (χ1n) is 6.94. The Morgan fingerprint density at radius 3 is 3.15 bits per heavy atom. The lowest BCUT2D eigenvalue weighted by Crippen LogP contribution is -2.43. The number of nitrogens with zero attached hydrogens (tertiary/aromatic N) is 4. The van der Waals surface area contributed by atoms with Crippen LogP contribution in [0.15, 0.2) is 16.4 Å². The zero-order valence-electron chi connectivity index (χ0n) is 11.5. The van der Waals surface area contributed by atoms with E-state index in [0.717, 1.165) is 25.2 Å².